The summed E-state index contributed by atoms with van der Waals surface area (Å²) in [5, 5.41) is 18.6. The van der Waals surface area contributed by atoms with E-state index in [1.807, 2.05) is 19.1 Å². The molecule has 1 aromatic carbocycles. The number of hydrogen-bond donors (Lipinski definition) is 3. The fourth-order valence-corrected chi connectivity index (χ4v) is 9.57. The quantitative estimate of drug-likeness (QED) is 0.379. The summed E-state index contributed by atoms with van der Waals surface area (Å²) in [5.74, 6) is -0.462. The van der Waals surface area contributed by atoms with E-state index in [0.717, 1.165) is 90.5 Å². The van der Waals surface area contributed by atoms with Crippen LogP contribution in [0.25, 0.3) is 0 Å². The standard InChI is InChI=1S/C35H52N6O4S/c1-23(32(43)36-11-12-40-17-19-45-20-18-40)27-9-10-35(3)21-28-30(24(2)29(35)31(27)42)37-34(46-28)38-33(44)26-7-5-25(6-8-26)22-41-15-13-39(4)14-16-41/h5-8,23-24,27,29,31,42H,9-22H2,1-4H3,(H,36,43)(H,37,38,44)/t23-,24-,27-,29+,31-,35-/m0/s1. The number of fused-ring (bicyclic) bond motifs is 2. The van der Waals surface area contributed by atoms with Crippen LogP contribution >= 0.6 is 11.3 Å². The van der Waals surface area contributed by atoms with Gasteiger partial charge in [-0.15, -0.1) is 11.3 Å². The summed E-state index contributed by atoms with van der Waals surface area (Å²) < 4.78 is 5.42. The number of nitrogens with one attached hydrogen (secondary N) is 2. The number of nitrogens with zero attached hydrogens (tertiary/aromatic N) is 4. The summed E-state index contributed by atoms with van der Waals surface area (Å²) in [5.41, 5.74) is 2.74. The topological polar surface area (TPSA) is 110 Å². The lowest BCUT2D eigenvalue weighted by Crippen LogP contribution is -2.53. The van der Waals surface area contributed by atoms with Crippen LogP contribution in [-0.4, -0.2) is 115 Å². The number of piperazine rings is 1. The Morgan fingerprint density at radius 1 is 1.11 bits per heavy atom. The summed E-state index contributed by atoms with van der Waals surface area (Å²) in [4.78, 5) is 39.6. The number of amides is 2. The molecule has 0 radical (unpaired) electrons. The maximum atomic E-state index is 13.2. The molecular weight excluding hydrogens is 600 g/mol. The van der Waals surface area contributed by atoms with Crippen LogP contribution in [0.4, 0.5) is 5.13 Å². The second-order valence-corrected chi connectivity index (χ2v) is 15.5. The third-order valence-electron chi connectivity index (χ3n) is 11.2. The highest BCUT2D eigenvalue weighted by Gasteiger charge is 2.54. The van der Waals surface area contributed by atoms with Gasteiger partial charge >= 0.3 is 0 Å². The van der Waals surface area contributed by atoms with E-state index < -0.39 is 6.10 Å². The van der Waals surface area contributed by atoms with Gasteiger partial charge in [-0.25, -0.2) is 4.98 Å². The van der Waals surface area contributed by atoms with Gasteiger partial charge < -0.3 is 20.1 Å². The third-order valence-corrected chi connectivity index (χ3v) is 12.2. The number of carbonyl (C=O) groups excluding carboxylic acids is 2. The van der Waals surface area contributed by atoms with Gasteiger partial charge in [0.05, 0.1) is 25.0 Å². The minimum Gasteiger partial charge on any atom is -0.392 e. The highest BCUT2D eigenvalue weighted by Crippen LogP contribution is 2.57. The summed E-state index contributed by atoms with van der Waals surface area (Å²) in [6, 6.07) is 7.92. The molecule has 2 amide bonds. The summed E-state index contributed by atoms with van der Waals surface area (Å²) in [6.07, 6.45) is 2.01. The van der Waals surface area contributed by atoms with Crippen molar-refractivity contribution in [3.8, 4) is 0 Å². The average Bonchev–Trinajstić information content (AvgIpc) is 3.44. The van der Waals surface area contributed by atoms with Crippen molar-refractivity contribution < 1.29 is 19.4 Å². The van der Waals surface area contributed by atoms with Crippen LogP contribution < -0.4 is 10.6 Å². The Balaban J connectivity index is 1.06. The molecule has 2 aliphatic heterocycles. The number of carbonyl (C=O) groups is 2. The van der Waals surface area contributed by atoms with Crippen molar-refractivity contribution >= 4 is 28.3 Å². The molecule has 11 heteroatoms. The lowest BCUT2D eigenvalue weighted by atomic mass is 9.53. The normalized spacial score (nSPS) is 29.8. The molecule has 6 atom stereocenters. The molecule has 3 N–H and O–H groups in total. The van der Waals surface area contributed by atoms with Crippen LogP contribution in [0.2, 0.25) is 0 Å². The molecule has 0 spiro atoms. The molecule has 10 nitrogen and oxygen atoms in total. The van der Waals surface area contributed by atoms with Crippen molar-refractivity contribution in [1.82, 2.24) is 25.0 Å². The fourth-order valence-electron chi connectivity index (χ4n) is 8.31. The first-order valence-corrected chi connectivity index (χ1v) is 18.0. The fraction of sp³-hybridized carbons (Fsp3) is 0.686. The molecule has 2 aliphatic carbocycles. The lowest BCUT2D eigenvalue weighted by molar-refractivity contribution is -0.134. The molecule has 46 heavy (non-hydrogen) atoms. The monoisotopic (exact) mass is 652 g/mol. The first kappa shape index (κ1) is 33.5. The van der Waals surface area contributed by atoms with Gasteiger partial charge in [-0.05, 0) is 61.3 Å². The van der Waals surface area contributed by atoms with E-state index in [-0.39, 0.29) is 40.9 Å². The molecule has 0 unspecified atom stereocenters. The molecule has 2 aromatic rings. The molecule has 1 aromatic heterocycles. The SMILES string of the molecule is C[C@H](C(=O)NCCN1CCOCC1)[C@@H]1CC[C@@]2(C)Cc3sc(NC(=O)c4ccc(CN5CCN(C)CC5)cc4)nc3[C@@H](C)[C@@H]2[C@H]1O. The van der Waals surface area contributed by atoms with Gasteiger partial charge in [0.1, 0.15) is 0 Å². The predicted octanol–water partition coefficient (Wildman–Crippen LogP) is 3.28. The third kappa shape index (κ3) is 7.34. The Bertz CT molecular complexity index is 1360. The van der Waals surface area contributed by atoms with Crippen molar-refractivity contribution in [2.75, 3.05) is 77.9 Å². The van der Waals surface area contributed by atoms with Crippen molar-refractivity contribution in [1.29, 1.82) is 0 Å². The molecule has 3 heterocycles. The minimum absolute atomic E-state index is 0.000786. The molecule has 0 bridgehead atoms. The number of aliphatic hydroxyl groups excluding tert-OH is 1. The number of benzene rings is 1. The highest BCUT2D eigenvalue weighted by atomic mass is 32.1. The zero-order chi connectivity index (χ0) is 32.4. The van der Waals surface area contributed by atoms with Gasteiger partial charge in [-0.3, -0.25) is 24.7 Å². The Labute approximate surface area is 277 Å². The van der Waals surface area contributed by atoms with Crippen molar-refractivity contribution in [2.45, 2.75) is 58.6 Å². The smallest absolute Gasteiger partial charge is 0.257 e. The Morgan fingerprint density at radius 3 is 2.54 bits per heavy atom. The summed E-state index contributed by atoms with van der Waals surface area (Å²) in [7, 11) is 2.16. The molecule has 4 aliphatic rings. The van der Waals surface area contributed by atoms with Crippen molar-refractivity contribution in [3.63, 3.8) is 0 Å². The highest BCUT2D eigenvalue weighted by molar-refractivity contribution is 7.15. The van der Waals surface area contributed by atoms with E-state index in [9.17, 15) is 14.7 Å². The Hall–Kier alpha value is -2.41. The number of thiazole rings is 1. The molecule has 2 saturated heterocycles. The molecule has 1 saturated carbocycles. The summed E-state index contributed by atoms with van der Waals surface area (Å²) in [6.45, 7) is 16.3. The van der Waals surface area contributed by atoms with Gasteiger partial charge in [0.15, 0.2) is 5.13 Å². The van der Waals surface area contributed by atoms with Crippen LogP contribution in [0.3, 0.4) is 0 Å². The van der Waals surface area contributed by atoms with Crippen LogP contribution in [0.15, 0.2) is 24.3 Å². The number of morpholine rings is 1. The minimum atomic E-state index is -0.592. The maximum absolute atomic E-state index is 13.2. The summed E-state index contributed by atoms with van der Waals surface area (Å²) >= 11 is 1.57. The number of likely N-dealkylation sites (N-methyl/N-ethyl adjacent to an activating group) is 1. The number of rotatable bonds is 9. The van der Waals surface area contributed by atoms with Gasteiger partial charge in [0, 0.05) is 81.2 Å². The lowest BCUT2D eigenvalue weighted by Gasteiger charge is -2.53. The zero-order valence-corrected chi connectivity index (χ0v) is 28.8. The molecule has 3 fully saturated rings. The van der Waals surface area contributed by atoms with Gasteiger partial charge in [0.25, 0.3) is 5.91 Å². The van der Waals surface area contributed by atoms with Crippen molar-refractivity contribution in [3.05, 3.63) is 46.0 Å². The number of hydrogen-bond acceptors (Lipinski definition) is 9. The molecule has 252 valence electrons. The van der Waals surface area contributed by atoms with E-state index in [0.29, 0.717) is 17.2 Å². The van der Waals surface area contributed by atoms with Crippen LogP contribution in [0.5, 0.6) is 0 Å². The van der Waals surface area contributed by atoms with Gasteiger partial charge in [-0.1, -0.05) is 32.9 Å². The largest absolute Gasteiger partial charge is 0.392 e. The first-order chi connectivity index (χ1) is 22.1. The van der Waals surface area contributed by atoms with E-state index in [1.165, 1.54) is 10.4 Å². The second-order valence-electron chi connectivity index (χ2n) is 14.4. The number of ether oxygens (including phenoxy) is 1. The first-order valence-electron chi connectivity index (χ1n) is 17.2. The van der Waals surface area contributed by atoms with E-state index in [4.69, 9.17) is 9.72 Å². The average molecular weight is 653 g/mol. The predicted molar refractivity (Wildman–Crippen MR) is 181 cm³/mol. The molecule has 6 rings (SSSR count). The van der Waals surface area contributed by atoms with Crippen LogP contribution in [-0.2, 0) is 22.5 Å². The van der Waals surface area contributed by atoms with E-state index in [1.54, 1.807) is 11.3 Å². The number of aromatic nitrogens is 1. The number of anilines is 1. The van der Waals surface area contributed by atoms with Crippen LogP contribution in [0, 0.1) is 23.2 Å². The second kappa shape index (κ2) is 14.4. The van der Waals surface area contributed by atoms with Crippen molar-refractivity contribution in [2.24, 2.45) is 23.2 Å². The van der Waals surface area contributed by atoms with Gasteiger partial charge in [0.2, 0.25) is 5.91 Å². The van der Waals surface area contributed by atoms with E-state index >= 15 is 0 Å². The zero-order valence-electron chi connectivity index (χ0n) is 28.0. The molecular formula is C35H52N6O4S. The number of aliphatic hydroxyl groups is 1. The Morgan fingerprint density at radius 2 is 1.83 bits per heavy atom. The van der Waals surface area contributed by atoms with Crippen LogP contribution in [0.1, 0.15) is 66.0 Å². The van der Waals surface area contributed by atoms with E-state index in [2.05, 4.69) is 58.4 Å². The van der Waals surface area contributed by atoms with Gasteiger partial charge in [-0.2, -0.15) is 0 Å². The maximum Gasteiger partial charge on any atom is 0.257 e. The Kier molecular flexibility index (Phi) is 10.5.